The zero-order valence-corrected chi connectivity index (χ0v) is 16.3. The van der Waals surface area contributed by atoms with Gasteiger partial charge in [-0.1, -0.05) is 23.5 Å². The van der Waals surface area contributed by atoms with E-state index in [1.54, 1.807) is 30.3 Å². The van der Waals surface area contributed by atoms with Gasteiger partial charge in [-0.05, 0) is 55.3 Å². The number of thiazole rings is 1. The first-order valence-corrected chi connectivity index (χ1v) is 9.25. The molecule has 0 N–H and O–H groups in total. The smallest absolute Gasteiger partial charge is 0.337 e. The Morgan fingerprint density at radius 3 is 2.48 bits per heavy atom. The lowest BCUT2D eigenvalue weighted by atomic mass is 10.1. The quantitative estimate of drug-likeness (QED) is 0.507. The highest BCUT2D eigenvalue weighted by molar-refractivity contribution is 7.16. The van der Waals surface area contributed by atoms with Crippen LogP contribution in [-0.4, -0.2) is 23.6 Å². The van der Waals surface area contributed by atoms with Crippen molar-refractivity contribution in [2.24, 2.45) is 4.99 Å². The number of methoxy groups -OCH3 is 1. The molecular formula is C21H20N2O3S. The molecule has 1 heterocycles. The van der Waals surface area contributed by atoms with Crippen LogP contribution in [0.3, 0.4) is 0 Å². The molecule has 27 heavy (non-hydrogen) atoms. The van der Waals surface area contributed by atoms with Crippen LogP contribution in [0, 0.1) is 13.8 Å². The number of hydrogen-bond donors (Lipinski definition) is 0. The van der Waals surface area contributed by atoms with Crippen LogP contribution >= 0.6 is 11.3 Å². The van der Waals surface area contributed by atoms with E-state index >= 15 is 0 Å². The molecular weight excluding hydrogens is 360 g/mol. The van der Waals surface area contributed by atoms with Crippen molar-refractivity contribution in [1.82, 2.24) is 4.57 Å². The Morgan fingerprint density at radius 2 is 1.85 bits per heavy atom. The van der Waals surface area contributed by atoms with E-state index in [1.807, 2.05) is 11.5 Å². The highest BCUT2D eigenvalue weighted by Gasteiger charge is 2.12. The van der Waals surface area contributed by atoms with Crippen LogP contribution in [0.1, 0.15) is 31.8 Å². The molecule has 0 unspecified atom stereocenters. The monoisotopic (exact) mass is 380 g/mol. The summed E-state index contributed by atoms with van der Waals surface area (Å²) in [4.78, 5) is 29.1. The fourth-order valence-electron chi connectivity index (χ4n) is 2.92. The Hall–Kier alpha value is -2.99. The number of aryl methyl sites for hydroxylation is 2. The molecule has 0 fully saturated rings. The van der Waals surface area contributed by atoms with Gasteiger partial charge in [0, 0.05) is 12.1 Å². The van der Waals surface area contributed by atoms with Crippen LogP contribution in [0.4, 0.5) is 0 Å². The molecule has 2 aromatic carbocycles. The fraction of sp³-hybridized carbons (Fsp3) is 0.190. The number of rotatable bonds is 4. The van der Waals surface area contributed by atoms with Crippen LogP contribution in [0.2, 0.25) is 0 Å². The predicted molar refractivity (Wildman–Crippen MR) is 107 cm³/mol. The predicted octanol–water partition coefficient (Wildman–Crippen LogP) is 4.03. The Bertz CT molecular complexity index is 1100. The highest BCUT2D eigenvalue weighted by Crippen LogP contribution is 2.23. The molecule has 6 heteroatoms. The second kappa shape index (κ2) is 7.72. The minimum Gasteiger partial charge on any atom is -0.465 e. The largest absolute Gasteiger partial charge is 0.465 e. The number of allylic oxidation sites excluding steroid dienone is 1. The number of fused-ring (bicyclic) bond motifs is 1. The number of carbonyl (C=O) groups is 2. The Kier molecular flexibility index (Phi) is 5.37. The van der Waals surface area contributed by atoms with E-state index < -0.39 is 5.97 Å². The third kappa shape index (κ3) is 3.75. The average Bonchev–Trinajstić information content (AvgIpc) is 2.99. The van der Waals surface area contributed by atoms with E-state index in [0.717, 1.165) is 21.3 Å². The number of nitrogens with zero attached hydrogens (tertiary/aromatic N) is 2. The number of ether oxygens (including phenoxy) is 1. The van der Waals surface area contributed by atoms with Gasteiger partial charge in [-0.3, -0.25) is 4.79 Å². The molecule has 5 nitrogen and oxygen atoms in total. The van der Waals surface area contributed by atoms with E-state index in [-0.39, 0.29) is 5.91 Å². The van der Waals surface area contributed by atoms with E-state index in [9.17, 15) is 9.59 Å². The Morgan fingerprint density at radius 1 is 1.19 bits per heavy atom. The molecule has 0 bridgehead atoms. The summed E-state index contributed by atoms with van der Waals surface area (Å²) in [6.07, 6.45) is 1.79. The molecule has 0 saturated carbocycles. The molecule has 3 aromatic rings. The lowest BCUT2D eigenvalue weighted by molar-refractivity contribution is 0.0600. The second-order valence-electron chi connectivity index (χ2n) is 6.20. The molecule has 0 radical (unpaired) electrons. The summed E-state index contributed by atoms with van der Waals surface area (Å²) in [6.45, 7) is 8.48. The second-order valence-corrected chi connectivity index (χ2v) is 7.18. The number of amides is 1. The fourth-order valence-corrected chi connectivity index (χ4v) is 4.01. The first kappa shape index (κ1) is 18.8. The van der Waals surface area contributed by atoms with Crippen LogP contribution in [-0.2, 0) is 11.3 Å². The van der Waals surface area contributed by atoms with Crippen LogP contribution in [0.25, 0.3) is 10.2 Å². The van der Waals surface area contributed by atoms with E-state index in [4.69, 9.17) is 0 Å². The SMILES string of the molecule is C=CCn1c(=NC(=O)c2ccc(C(=O)OC)cc2)sc2c(C)cc(C)cc21. The van der Waals surface area contributed by atoms with Gasteiger partial charge in [-0.2, -0.15) is 4.99 Å². The van der Waals surface area contributed by atoms with Gasteiger partial charge in [-0.25, -0.2) is 4.79 Å². The standard InChI is InChI=1S/C21H20N2O3S/c1-5-10-23-17-12-13(2)11-14(3)18(17)27-21(23)22-19(24)15-6-8-16(9-7-15)20(25)26-4/h5-9,11-12H,1,10H2,2-4H3. The van der Waals surface area contributed by atoms with Crippen LogP contribution in [0.15, 0.2) is 54.0 Å². The topological polar surface area (TPSA) is 60.7 Å². The third-order valence-electron chi connectivity index (χ3n) is 4.18. The molecule has 3 rings (SSSR count). The highest BCUT2D eigenvalue weighted by atomic mass is 32.1. The lowest BCUT2D eigenvalue weighted by Gasteiger charge is -2.03. The van der Waals surface area contributed by atoms with Crippen molar-refractivity contribution in [3.05, 3.63) is 76.1 Å². The first-order valence-electron chi connectivity index (χ1n) is 8.43. The van der Waals surface area contributed by atoms with Crippen molar-refractivity contribution in [3.8, 4) is 0 Å². The van der Waals surface area contributed by atoms with Gasteiger partial charge in [0.15, 0.2) is 4.80 Å². The first-order chi connectivity index (χ1) is 12.9. The number of hydrogen-bond acceptors (Lipinski definition) is 4. The minimum absolute atomic E-state index is 0.356. The van der Waals surface area contributed by atoms with Crippen molar-refractivity contribution >= 4 is 33.4 Å². The minimum atomic E-state index is -0.440. The van der Waals surface area contributed by atoms with Crippen molar-refractivity contribution in [3.63, 3.8) is 0 Å². The van der Waals surface area contributed by atoms with Crippen LogP contribution < -0.4 is 4.80 Å². The molecule has 0 aliphatic rings. The molecule has 0 spiro atoms. The molecule has 0 aliphatic carbocycles. The zero-order chi connectivity index (χ0) is 19.6. The van der Waals surface area contributed by atoms with E-state index in [2.05, 4.69) is 35.4 Å². The van der Waals surface area contributed by atoms with Crippen LogP contribution in [0.5, 0.6) is 0 Å². The van der Waals surface area contributed by atoms with Crippen molar-refractivity contribution in [2.45, 2.75) is 20.4 Å². The number of benzene rings is 2. The molecule has 0 saturated heterocycles. The van der Waals surface area contributed by atoms with E-state index in [1.165, 1.54) is 18.4 Å². The Labute approximate surface area is 161 Å². The molecule has 1 amide bonds. The summed E-state index contributed by atoms with van der Waals surface area (Å²) in [5.74, 6) is -0.796. The molecule has 1 aromatic heterocycles. The molecule has 138 valence electrons. The maximum atomic E-state index is 12.6. The normalized spacial score (nSPS) is 11.6. The summed E-state index contributed by atoms with van der Waals surface area (Å²) in [5.41, 5.74) is 4.17. The van der Waals surface area contributed by atoms with E-state index in [0.29, 0.717) is 22.5 Å². The number of carbonyl (C=O) groups excluding carboxylic acids is 2. The zero-order valence-electron chi connectivity index (χ0n) is 15.5. The number of aromatic nitrogens is 1. The van der Waals surface area contributed by atoms with Gasteiger partial charge in [0.25, 0.3) is 5.91 Å². The summed E-state index contributed by atoms with van der Waals surface area (Å²) >= 11 is 1.49. The third-order valence-corrected chi connectivity index (χ3v) is 5.41. The van der Waals surface area contributed by atoms with Gasteiger partial charge < -0.3 is 9.30 Å². The van der Waals surface area contributed by atoms with Gasteiger partial charge >= 0.3 is 5.97 Å². The Balaban J connectivity index is 2.08. The summed E-state index contributed by atoms with van der Waals surface area (Å²) in [7, 11) is 1.32. The van der Waals surface area contributed by atoms with Crippen molar-refractivity contribution < 1.29 is 14.3 Å². The van der Waals surface area contributed by atoms with Gasteiger partial charge in [0.05, 0.1) is 22.9 Å². The summed E-state index contributed by atoms with van der Waals surface area (Å²) in [6, 6.07) is 10.5. The molecule has 0 atom stereocenters. The van der Waals surface area contributed by atoms with Gasteiger partial charge in [-0.15, -0.1) is 6.58 Å². The average molecular weight is 380 g/mol. The summed E-state index contributed by atoms with van der Waals surface area (Å²) < 4.78 is 7.77. The lowest BCUT2D eigenvalue weighted by Crippen LogP contribution is -2.16. The molecule has 0 aliphatic heterocycles. The van der Waals surface area contributed by atoms with Crippen molar-refractivity contribution in [2.75, 3.05) is 7.11 Å². The summed E-state index contributed by atoms with van der Waals surface area (Å²) in [5, 5.41) is 0. The number of esters is 1. The maximum absolute atomic E-state index is 12.6. The van der Waals surface area contributed by atoms with Crippen molar-refractivity contribution in [1.29, 1.82) is 0 Å². The van der Waals surface area contributed by atoms with Gasteiger partial charge in [0.1, 0.15) is 0 Å². The van der Waals surface area contributed by atoms with Gasteiger partial charge in [0.2, 0.25) is 0 Å². The maximum Gasteiger partial charge on any atom is 0.337 e.